The highest BCUT2D eigenvalue weighted by Gasteiger charge is 2.69. The van der Waals surface area contributed by atoms with Crippen molar-refractivity contribution < 1.29 is 19.5 Å². The monoisotopic (exact) mass is 505 g/mol. The van der Waals surface area contributed by atoms with E-state index in [2.05, 4.69) is 40.7 Å². The molecule has 5 aliphatic rings. The van der Waals surface area contributed by atoms with Gasteiger partial charge in [0.25, 0.3) is 0 Å². The molecule has 0 aromatic heterocycles. The number of allylic oxidation sites excluding steroid dienone is 4. The van der Waals surface area contributed by atoms with Crippen LogP contribution >= 0.6 is 0 Å². The van der Waals surface area contributed by atoms with Crippen LogP contribution in [0, 0.1) is 61.6 Å². The molecule has 0 spiro atoms. The number of carbonyl (C=O) groups is 3. The zero-order chi connectivity index (χ0) is 27.4. The largest absolute Gasteiger partial charge is 0.481 e. The number of fused-ring (bicyclic) bond motifs is 7. The fourth-order valence-electron chi connectivity index (χ4n) is 10.3. The van der Waals surface area contributed by atoms with Gasteiger partial charge < -0.3 is 5.11 Å². The number of ketones is 2. The number of Topliss-reactive ketones (excluding diaryl/α,β-unsaturated/α-hetero) is 1. The lowest BCUT2D eigenvalue weighted by molar-refractivity contribution is -0.170. The highest BCUT2D eigenvalue weighted by Crippen LogP contribution is 2.74. The molecule has 3 saturated carbocycles. The van der Waals surface area contributed by atoms with E-state index in [1.165, 1.54) is 0 Å². The average Bonchev–Trinajstić information content (AvgIpc) is 2.79. The van der Waals surface area contributed by atoms with Gasteiger partial charge >= 0.3 is 5.97 Å². The summed E-state index contributed by atoms with van der Waals surface area (Å²) < 4.78 is 0. The Hall–Kier alpha value is -2.22. The summed E-state index contributed by atoms with van der Waals surface area (Å²) in [6.45, 7) is 15.2. The second-order valence-electron chi connectivity index (χ2n) is 15.1. The van der Waals surface area contributed by atoms with Crippen LogP contribution in [0.25, 0.3) is 0 Å². The SMILES string of the molecule is CC1(C)C(=O)C(C#N)=C[C@]2(C)C3=CC(=O)[C@@H]4C5C[C@@](C)(CC(=O)O)CC[C@]5(C)CC[C@@]4(C)[C@]3(C)CC[C@@H]12. The summed E-state index contributed by atoms with van der Waals surface area (Å²) in [7, 11) is 0. The standard InChI is InChI=1S/C32H43NO4/c1-27(2)22-8-9-31(6)23(30(22,5)15-19(18-33)26(27)37)14-21(34)25-20-16-28(3,17-24(35)36)10-11-29(20,4)12-13-32(25,31)7/h14-15,20,22,25H,8-13,16-17H2,1-7H3,(H,35,36)/t20?,22-,25-,28-,29+,30-,31+,32+/m0/s1. The van der Waals surface area contributed by atoms with Crippen LogP contribution in [0.2, 0.25) is 0 Å². The van der Waals surface area contributed by atoms with Gasteiger partial charge in [-0.25, -0.2) is 0 Å². The maximum atomic E-state index is 14.3. The third kappa shape index (κ3) is 3.29. The van der Waals surface area contributed by atoms with Crippen LogP contribution in [0.4, 0.5) is 0 Å². The van der Waals surface area contributed by atoms with E-state index in [0.29, 0.717) is 0 Å². The van der Waals surface area contributed by atoms with Gasteiger partial charge in [-0.2, -0.15) is 5.26 Å². The van der Waals surface area contributed by atoms with E-state index in [9.17, 15) is 24.8 Å². The molecule has 37 heavy (non-hydrogen) atoms. The molecular weight excluding hydrogens is 462 g/mol. The molecule has 5 aliphatic carbocycles. The number of nitriles is 1. The van der Waals surface area contributed by atoms with Crippen molar-refractivity contribution in [3.8, 4) is 6.07 Å². The Labute approximate surface area is 221 Å². The number of carboxylic acids is 1. The van der Waals surface area contributed by atoms with Crippen molar-refractivity contribution in [2.45, 2.75) is 99.8 Å². The van der Waals surface area contributed by atoms with E-state index >= 15 is 0 Å². The molecule has 0 amide bonds. The summed E-state index contributed by atoms with van der Waals surface area (Å²) in [6.07, 6.45) is 10.4. The maximum Gasteiger partial charge on any atom is 0.303 e. The normalized spacial score (nSPS) is 48.3. The van der Waals surface area contributed by atoms with E-state index in [0.717, 1.165) is 50.5 Å². The highest BCUT2D eigenvalue weighted by atomic mass is 16.4. The first-order valence-corrected chi connectivity index (χ1v) is 14.1. The Morgan fingerprint density at radius 1 is 1.03 bits per heavy atom. The third-order valence-electron chi connectivity index (χ3n) is 12.7. The highest BCUT2D eigenvalue weighted by molar-refractivity contribution is 6.04. The summed E-state index contributed by atoms with van der Waals surface area (Å²) in [5.74, 6) is -0.595. The predicted molar refractivity (Wildman–Crippen MR) is 141 cm³/mol. The molecule has 0 saturated heterocycles. The average molecular weight is 506 g/mol. The van der Waals surface area contributed by atoms with Crippen LogP contribution in [-0.2, 0) is 14.4 Å². The molecule has 8 atom stereocenters. The first-order valence-electron chi connectivity index (χ1n) is 14.1. The molecule has 0 aliphatic heterocycles. The Kier molecular flexibility index (Phi) is 5.47. The van der Waals surface area contributed by atoms with Crippen molar-refractivity contribution in [2.24, 2.45) is 50.2 Å². The van der Waals surface area contributed by atoms with Gasteiger partial charge in [0.15, 0.2) is 11.6 Å². The molecule has 0 aromatic carbocycles. The van der Waals surface area contributed by atoms with Crippen LogP contribution in [0.1, 0.15) is 99.8 Å². The Morgan fingerprint density at radius 2 is 1.68 bits per heavy atom. The van der Waals surface area contributed by atoms with Gasteiger partial charge in [0.05, 0.1) is 12.0 Å². The first kappa shape index (κ1) is 26.4. The van der Waals surface area contributed by atoms with Gasteiger partial charge in [-0.1, -0.05) is 60.1 Å². The topological polar surface area (TPSA) is 95.2 Å². The van der Waals surface area contributed by atoms with Crippen molar-refractivity contribution in [2.75, 3.05) is 0 Å². The van der Waals surface area contributed by atoms with E-state index < -0.39 is 16.8 Å². The lowest BCUT2D eigenvalue weighted by Crippen LogP contribution is -2.64. The molecule has 1 N–H and O–H groups in total. The van der Waals surface area contributed by atoms with E-state index in [1.807, 2.05) is 26.0 Å². The molecule has 0 radical (unpaired) electrons. The second kappa shape index (κ2) is 7.67. The number of rotatable bonds is 2. The predicted octanol–water partition coefficient (Wildman–Crippen LogP) is 6.68. The van der Waals surface area contributed by atoms with Gasteiger partial charge in [-0.3, -0.25) is 14.4 Å². The van der Waals surface area contributed by atoms with Crippen molar-refractivity contribution in [3.05, 3.63) is 23.3 Å². The zero-order valence-electron chi connectivity index (χ0n) is 23.7. The van der Waals surface area contributed by atoms with Gasteiger partial charge in [-0.15, -0.1) is 0 Å². The molecule has 5 heteroatoms. The maximum absolute atomic E-state index is 14.3. The molecular formula is C32H43NO4. The van der Waals surface area contributed by atoms with E-state index in [4.69, 9.17) is 0 Å². The number of hydrogen-bond acceptors (Lipinski definition) is 4. The number of hydrogen-bond donors (Lipinski definition) is 1. The van der Waals surface area contributed by atoms with E-state index in [1.54, 1.807) is 0 Å². The van der Waals surface area contributed by atoms with Gasteiger partial charge in [-0.05, 0) is 84.5 Å². The number of nitrogens with zero attached hydrogens (tertiary/aromatic N) is 1. The summed E-state index contributed by atoms with van der Waals surface area (Å²) in [5.41, 5.74) is -0.571. The summed E-state index contributed by atoms with van der Waals surface area (Å²) in [6, 6.07) is 2.17. The van der Waals surface area contributed by atoms with Gasteiger partial charge in [0.1, 0.15) is 6.07 Å². The second-order valence-corrected chi connectivity index (χ2v) is 15.1. The van der Waals surface area contributed by atoms with Crippen molar-refractivity contribution in [1.29, 1.82) is 5.26 Å². The van der Waals surface area contributed by atoms with Crippen LogP contribution in [0.15, 0.2) is 23.3 Å². The van der Waals surface area contributed by atoms with Gasteiger partial charge in [0, 0.05) is 16.7 Å². The molecule has 3 fully saturated rings. The van der Waals surface area contributed by atoms with Crippen molar-refractivity contribution in [3.63, 3.8) is 0 Å². The van der Waals surface area contributed by atoms with Crippen LogP contribution in [0.5, 0.6) is 0 Å². The number of carbonyl (C=O) groups excluding carboxylic acids is 2. The van der Waals surface area contributed by atoms with Gasteiger partial charge in [0.2, 0.25) is 0 Å². The number of carboxylic acid groups (broad SMARTS) is 1. The fourth-order valence-corrected chi connectivity index (χ4v) is 10.3. The quantitative estimate of drug-likeness (QED) is 0.451. The lowest BCUT2D eigenvalue weighted by Gasteiger charge is -2.69. The Balaban J connectivity index is 1.65. The van der Waals surface area contributed by atoms with Crippen LogP contribution in [-0.4, -0.2) is 22.6 Å². The summed E-state index contributed by atoms with van der Waals surface area (Å²) >= 11 is 0. The summed E-state index contributed by atoms with van der Waals surface area (Å²) in [4.78, 5) is 39.2. The zero-order valence-corrected chi connectivity index (χ0v) is 23.7. The first-order chi connectivity index (χ1) is 17.0. The molecule has 0 aromatic rings. The minimum Gasteiger partial charge on any atom is -0.481 e. The Morgan fingerprint density at radius 3 is 2.30 bits per heavy atom. The minimum absolute atomic E-state index is 0.0410. The fraction of sp³-hybridized carbons (Fsp3) is 0.750. The molecule has 0 heterocycles. The van der Waals surface area contributed by atoms with Crippen LogP contribution < -0.4 is 0 Å². The minimum atomic E-state index is -0.755. The van der Waals surface area contributed by atoms with Crippen molar-refractivity contribution in [1.82, 2.24) is 0 Å². The van der Waals surface area contributed by atoms with Crippen molar-refractivity contribution >= 4 is 17.5 Å². The Bertz CT molecular complexity index is 1200. The van der Waals surface area contributed by atoms with E-state index in [-0.39, 0.29) is 63.0 Å². The lowest BCUT2D eigenvalue weighted by atomic mass is 9.34. The third-order valence-corrected chi connectivity index (χ3v) is 12.7. The smallest absolute Gasteiger partial charge is 0.303 e. The molecule has 1 unspecified atom stereocenters. The molecule has 5 nitrogen and oxygen atoms in total. The van der Waals surface area contributed by atoms with Crippen LogP contribution in [0.3, 0.4) is 0 Å². The summed E-state index contributed by atoms with van der Waals surface area (Å²) in [5, 5.41) is 19.5. The number of aliphatic carboxylic acids is 1. The molecule has 200 valence electrons. The molecule has 0 bridgehead atoms. The molecule has 5 rings (SSSR count).